The largest absolute Gasteiger partial charge is 0.314 e. The molecule has 114 valence electrons. The van der Waals surface area contributed by atoms with Crippen LogP contribution >= 0.6 is 11.8 Å². The molecule has 2 aromatic rings. The molecule has 0 aliphatic carbocycles. The second-order valence-electron chi connectivity index (χ2n) is 6.21. The molecule has 2 aliphatic heterocycles. The van der Waals surface area contributed by atoms with Gasteiger partial charge in [0.05, 0.1) is 0 Å². The summed E-state index contributed by atoms with van der Waals surface area (Å²) in [5.74, 6) is 0. The highest BCUT2D eigenvalue weighted by atomic mass is 32.2. The van der Waals surface area contributed by atoms with Gasteiger partial charge in [0.25, 0.3) is 0 Å². The maximum absolute atomic E-state index is 3.48. The minimum Gasteiger partial charge on any atom is -0.314 e. The second kappa shape index (κ2) is 6.07. The first-order valence-corrected chi connectivity index (χ1v) is 8.94. The topological polar surface area (TPSA) is 15.3 Å². The van der Waals surface area contributed by atoms with E-state index >= 15 is 0 Å². The summed E-state index contributed by atoms with van der Waals surface area (Å²) in [6.45, 7) is 6.74. The molecule has 1 atom stereocenters. The van der Waals surface area contributed by atoms with Crippen LogP contribution in [0, 0.1) is 6.92 Å². The molecule has 4 rings (SSSR count). The number of piperazine rings is 1. The van der Waals surface area contributed by atoms with E-state index in [2.05, 4.69) is 59.6 Å². The van der Waals surface area contributed by atoms with Crippen LogP contribution in [-0.2, 0) is 6.42 Å². The molecule has 3 heteroatoms. The van der Waals surface area contributed by atoms with Crippen molar-refractivity contribution in [1.29, 1.82) is 0 Å². The highest BCUT2D eigenvalue weighted by Crippen LogP contribution is 2.44. The lowest BCUT2D eigenvalue weighted by Crippen LogP contribution is -2.45. The summed E-state index contributed by atoms with van der Waals surface area (Å²) >= 11 is 1.96. The fourth-order valence-electron chi connectivity index (χ4n) is 3.60. The van der Waals surface area contributed by atoms with E-state index in [-0.39, 0.29) is 0 Å². The minimum absolute atomic E-state index is 0.508. The molecule has 22 heavy (non-hydrogen) atoms. The average Bonchev–Trinajstić information content (AvgIpc) is 2.73. The van der Waals surface area contributed by atoms with Gasteiger partial charge in [0, 0.05) is 42.0 Å². The number of hydrogen-bond acceptors (Lipinski definition) is 3. The lowest BCUT2D eigenvalue weighted by Gasteiger charge is -2.35. The van der Waals surface area contributed by atoms with Crippen molar-refractivity contribution in [2.75, 3.05) is 26.2 Å². The van der Waals surface area contributed by atoms with E-state index in [1.807, 2.05) is 11.8 Å². The van der Waals surface area contributed by atoms with E-state index < -0.39 is 0 Å². The standard InChI is InChI=1S/C19H22N2S/c1-14-5-4-7-16-17(21-11-9-20-10-12-21)13-15-6-2-3-8-18(15)22-19(14)16/h2-8,17,20H,9-13H2,1H3. The smallest absolute Gasteiger partial charge is 0.0401 e. The van der Waals surface area contributed by atoms with Crippen molar-refractivity contribution in [1.82, 2.24) is 10.2 Å². The zero-order valence-electron chi connectivity index (χ0n) is 13.0. The zero-order chi connectivity index (χ0) is 14.9. The molecule has 2 nitrogen and oxygen atoms in total. The van der Waals surface area contributed by atoms with Crippen molar-refractivity contribution in [3.05, 3.63) is 59.2 Å². The summed E-state index contributed by atoms with van der Waals surface area (Å²) in [7, 11) is 0. The van der Waals surface area contributed by atoms with Crippen LogP contribution in [-0.4, -0.2) is 31.1 Å². The third-order valence-corrected chi connectivity index (χ3v) is 6.17. The van der Waals surface area contributed by atoms with Crippen LogP contribution in [0.15, 0.2) is 52.3 Å². The van der Waals surface area contributed by atoms with Crippen LogP contribution < -0.4 is 5.32 Å². The molecular weight excluding hydrogens is 288 g/mol. The summed E-state index contributed by atoms with van der Waals surface area (Å²) in [5, 5.41) is 3.48. The Morgan fingerprint density at radius 2 is 1.86 bits per heavy atom. The first-order chi connectivity index (χ1) is 10.8. The molecule has 0 aromatic heterocycles. The Morgan fingerprint density at radius 3 is 2.73 bits per heavy atom. The van der Waals surface area contributed by atoms with Crippen LogP contribution in [0.5, 0.6) is 0 Å². The van der Waals surface area contributed by atoms with E-state index in [1.54, 1.807) is 0 Å². The SMILES string of the molecule is Cc1cccc2c1Sc1ccccc1CC2N1CCNCC1. The quantitative estimate of drug-likeness (QED) is 0.865. The van der Waals surface area contributed by atoms with Crippen molar-refractivity contribution in [3.8, 4) is 0 Å². The Kier molecular flexibility index (Phi) is 3.95. The monoisotopic (exact) mass is 310 g/mol. The maximum Gasteiger partial charge on any atom is 0.0401 e. The second-order valence-corrected chi connectivity index (χ2v) is 7.26. The van der Waals surface area contributed by atoms with Gasteiger partial charge < -0.3 is 5.32 Å². The van der Waals surface area contributed by atoms with Crippen molar-refractivity contribution in [2.45, 2.75) is 29.2 Å². The lowest BCUT2D eigenvalue weighted by molar-refractivity contribution is 0.170. The molecule has 0 amide bonds. The van der Waals surface area contributed by atoms with Gasteiger partial charge in [-0.3, -0.25) is 4.90 Å². The molecular formula is C19H22N2S. The van der Waals surface area contributed by atoms with E-state index in [0.29, 0.717) is 6.04 Å². The number of fused-ring (bicyclic) bond motifs is 2. The third-order valence-electron chi connectivity index (χ3n) is 4.79. The number of rotatable bonds is 1. The van der Waals surface area contributed by atoms with Crippen molar-refractivity contribution in [2.24, 2.45) is 0 Å². The average molecular weight is 310 g/mol. The lowest BCUT2D eigenvalue weighted by atomic mass is 9.95. The number of aryl methyl sites for hydroxylation is 1. The zero-order valence-corrected chi connectivity index (χ0v) is 13.8. The number of nitrogens with zero attached hydrogens (tertiary/aromatic N) is 1. The summed E-state index contributed by atoms with van der Waals surface area (Å²) in [4.78, 5) is 5.56. The van der Waals surface area contributed by atoms with E-state index in [9.17, 15) is 0 Å². The van der Waals surface area contributed by atoms with Crippen LogP contribution in [0.2, 0.25) is 0 Å². The molecule has 2 heterocycles. The number of nitrogens with one attached hydrogen (secondary N) is 1. The van der Waals surface area contributed by atoms with E-state index in [0.717, 1.165) is 32.6 Å². The summed E-state index contributed by atoms with van der Waals surface area (Å²) in [6.07, 6.45) is 1.12. The van der Waals surface area contributed by atoms with Gasteiger partial charge in [-0.05, 0) is 36.1 Å². The predicted octanol–water partition coefficient (Wildman–Crippen LogP) is 3.65. The fourth-order valence-corrected chi connectivity index (χ4v) is 4.80. The van der Waals surface area contributed by atoms with Gasteiger partial charge in [0.2, 0.25) is 0 Å². The van der Waals surface area contributed by atoms with Crippen molar-refractivity contribution < 1.29 is 0 Å². The normalized spacial score (nSPS) is 21.8. The molecule has 1 fully saturated rings. The third kappa shape index (κ3) is 2.58. The molecule has 1 N–H and O–H groups in total. The Hall–Kier alpha value is -1.29. The van der Waals surface area contributed by atoms with Gasteiger partial charge in [0.1, 0.15) is 0 Å². The van der Waals surface area contributed by atoms with E-state index in [1.165, 1.54) is 26.5 Å². The molecule has 2 aromatic carbocycles. The molecule has 1 saturated heterocycles. The molecule has 0 spiro atoms. The van der Waals surface area contributed by atoms with Gasteiger partial charge in [-0.2, -0.15) is 0 Å². The first-order valence-electron chi connectivity index (χ1n) is 8.13. The van der Waals surface area contributed by atoms with Crippen LogP contribution in [0.25, 0.3) is 0 Å². The van der Waals surface area contributed by atoms with Crippen molar-refractivity contribution in [3.63, 3.8) is 0 Å². The molecule has 0 saturated carbocycles. The van der Waals surface area contributed by atoms with Crippen LogP contribution in [0.4, 0.5) is 0 Å². The first kappa shape index (κ1) is 14.3. The van der Waals surface area contributed by atoms with Crippen LogP contribution in [0.1, 0.15) is 22.7 Å². The summed E-state index contributed by atoms with van der Waals surface area (Å²) in [6, 6.07) is 16.2. The number of benzene rings is 2. The summed E-state index contributed by atoms with van der Waals surface area (Å²) in [5.41, 5.74) is 4.41. The Balaban J connectivity index is 1.82. The van der Waals surface area contributed by atoms with Crippen molar-refractivity contribution >= 4 is 11.8 Å². The Morgan fingerprint density at radius 1 is 1.05 bits per heavy atom. The molecule has 0 bridgehead atoms. The van der Waals surface area contributed by atoms with Gasteiger partial charge in [0.15, 0.2) is 0 Å². The van der Waals surface area contributed by atoms with Gasteiger partial charge in [-0.15, -0.1) is 0 Å². The highest BCUT2D eigenvalue weighted by molar-refractivity contribution is 7.99. The predicted molar refractivity (Wildman–Crippen MR) is 92.6 cm³/mol. The molecule has 2 aliphatic rings. The maximum atomic E-state index is 3.48. The van der Waals surface area contributed by atoms with Gasteiger partial charge in [-0.25, -0.2) is 0 Å². The Labute approximate surface area is 136 Å². The highest BCUT2D eigenvalue weighted by Gasteiger charge is 2.28. The van der Waals surface area contributed by atoms with Gasteiger partial charge in [-0.1, -0.05) is 48.2 Å². The fraction of sp³-hybridized carbons (Fsp3) is 0.368. The van der Waals surface area contributed by atoms with Gasteiger partial charge >= 0.3 is 0 Å². The molecule has 1 unspecified atom stereocenters. The van der Waals surface area contributed by atoms with Crippen LogP contribution in [0.3, 0.4) is 0 Å². The Bertz CT molecular complexity index is 677. The van der Waals surface area contributed by atoms with E-state index in [4.69, 9.17) is 0 Å². The number of hydrogen-bond donors (Lipinski definition) is 1. The molecule has 0 radical (unpaired) electrons. The minimum atomic E-state index is 0.508. The summed E-state index contributed by atoms with van der Waals surface area (Å²) < 4.78 is 0.